The Morgan fingerprint density at radius 3 is 2.65 bits per heavy atom. The van der Waals surface area contributed by atoms with E-state index in [2.05, 4.69) is 10.3 Å². The quantitative estimate of drug-likeness (QED) is 0.746. The first-order valence-electron chi connectivity index (χ1n) is 7.92. The standard InChI is InChI=1S/C19H18N2O4S/c1-13-7-9-17(25-2)16(11-13)20-18(22)12-26(23,24)19-10-8-14-5-3-4-6-15(14)21-19/h3-11H,12H2,1-2H3,(H,20,22). The van der Waals surface area contributed by atoms with Gasteiger partial charge in [-0.1, -0.05) is 24.3 Å². The number of nitrogens with one attached hydrogen (secondary N) is 1. The predicted molar refractivity (Wildman–Crippen MR) is 100 cm³/mol. The van der Waals surface area contributed by atoms with Crippen LogP contribution in [0.25, 0.3) is 10.9 Å². The number of benzene rings is 2. The average Bonchev–Trinajstić information content (AvgIpc) is 2.61. The number of fused-ring (bicyclic) bond motifs is 1. The maximum Gasteiger partial charge on any atom is 0.240 e. The summed E-state index contributed by atoms with van der Waals surface area (Å²) in [5.41, 5.74) is 1.91. The van der Waals surface area contributed by atoms with Gasteiger partial charge in [-0.05, 0) is 42.8 Å². The Kier molecular flexibility index (Phi) is 4.90. The number of aryl methyl sites for hydroxylation is 1. The molecule has 0 radical (unpaired) electrons. The maximum absolute atomic E-state index is 12.5. The average molecular weight is 370 g/mol. The van der Waals surface area contributed by atoms with Crippen molar-refractivity contribution in [3.05, 3.63) is 60.2 Å². The van der Waals surface area contributed by atoms with Crippen molar-refractivity contribution < 1.29 is 17.9 Å². The molecule has 0 aliphatic carbocycles. The monoisotopic (exact) mass is 370 g/mol. The molecule has 3 aromatic rings. The zero-order valence-corrected chi connectivity index (χ0v) is 15.2. The summed E-state index contributed by atoms with van der Waals surface area (Å²) in [6.07, 6.45) is 0. The van der Waals surface area contributed by atoms with Crippen LogP contribution in [0.4, 0.5) is 5.69 Å². The van der Waals surface area contributed by atoms with E-state index in [0.717, 1.165) is 10.9 Å². The van der Waals surface area contributed by atoms with Crippen LogP contribution in [0.3, 0.4) is 0 Å². The number of hydrogen-bond donors (Lipinski definition) is 1. The van der Waals surface area contributed by atoms with Crippen molar-refractivity contribution >= 4 is 32.3 Å². The molecule has 1 N–H and O–H groups in total. The van der Waals surface area contributed by atoms with E-state index >= 15 is 0 Å². The van der Waals surface area contributed by atoms with Crippen molar-refractivity contribution in [3.63, 3.8) is 0 Å². The second-order valence-electron chi connectivity index (χ2n) is 5.85. The van der Waals surface area contributed by atoms with Crippen LogP contribution < -0.4 is 10.1 Å². The highest BCUT2D eigenvalue weighted by atomic mass is 32.2. The lowest BCUT2D eigenvalue weighted by Gasteiger charge is -2.11. The second-order valence-corrected chi connectivity index (χ2v) is 7.79. The molecule has 0 saturated heterocycles. The molecule has 26 heavy (non-hydrogen) atoms. The molecule has 1 heterocycles. The molecule has 0 unspecified atom stereocenters. The van der Waals surface area contributed by atoms with Gasteiger partial charge >= 0.3 is 0 Å². The molecule has 1 amide bonds. The lowest BCUT2D eigenvalue weighted by Crippen LogP contribution is -2.24. The van der Waals surface area contributed by atoms with E-state index in [1.165, 1.54) is 13.2 Å². The smallest absolute Gasteiger partial charge is 0.240 e. The van der Waals surface area contributed by atoms with Crippen LogP contribution >= 0.6 is 0 Å². The number of pyridine rings is 1. The summed E-state index contributed by atoms with van der Waals surface area (Å²) in [5.74, 6) is -0.885. The Hall–Kier alpha value is -2.93. The molecule has 0 saturated carbocycles. The minimum Gasteiger partial charge on any atom is -0.495 e. The van der Waals surface area contributed by atoms with Crippen LogP contribution in [0.2, 0.25) is 0 Å². The van der Waals surface area contributed by atoms with Crippen LogP contribution in [0.1, 0.15) is 5.56 Å². The van der Waals surface area contributed by atoms with Gasteiger partial charge in [0, 0.05) is 5.39 Å². The van der Waals surface area contributed by atoms with Crippen molar-refractivity contribution in [3.8, 4) is 5.75 Å². The van der Waals surface area contributed by atoms with Gasteiger partial charge in [-0.2, -0.15) is 0 Å². The molecule has 1 aromatic heterocycles. The Morgan fingerprint density at radius 2 is 1.88 bits per heavy atom. The van der Waals surface area contributed by atoms with E-state index in [-0.39, 0.29) is 5.03 Å². The van der Waals surface area contributed by atoms with Crippen molar-refractivity contribution in [2.45, 2.75) is 11.9 Å². The van der Waals surface area contributed by atoms with Gasteiger partial charge in [0.1, 0.15) is 11.5 Å². The van der Waals surface area contributed by atoms with Crippen LogP contribution in [0.5, 0.6) is 5.75 Å². The van der Waals surface area contributed by atoms with Crippen molar-refractivity contribution in [1.29, 1.82) is 0 Å². The highest BCUT2D eigenvalue weighted by Crippen LogP contribution is 2.25. The van der Waals surface area contributed by atoms with E-state index in [9.17, 15) is 13.2 Å². The van der Waals surface area contributed by atoms with Gasteiger partial charge in [-0.3, -0.25) is 4.79 Å². The zero-order chi connectivity index (χ0) is 18.7. The Bertz CT molecular complexity index is 1080. The van der Waals surface area contributed by atoms with Gasteiger partial charge in [0.2, 0.25) is 15.7 Å². The van der Waals surface area contributed by atoms with E-state index in [0.29, 0.717) is 17.0 Å². The Labute approximate surface area is 151 Å². The Balaban J connectivity index is 1.82. The third-order valence-electron chi connectivity index (χ3n) is 3.84. The summed E-state index contributed by atoms with van der Waals surface area (Å²) in [4.78, 5) is 16.4. The lowest BCUT2D eigenvalue weighted by atomic mass is 10.2. The molecule has 134 valence electrons. The fourth-order valence-corrected chi connectivity index (χ4v) is 3.65. The molecule has 0 fully saturated rings. The van der Waals surface area contributed by atoms with Crippen molar-refractivity contribution in [1.82, 2.24) is 4.98 Å². The summed E-state index contributed by atoms with van der Waals surface area (Å²) < 4.78 is 30.3. The third-order valence-corrected chi connectivity index (χ3v) is 5.35. The second kappa shape index (κ2) is 7.13. The third kappa shape index (κ3) is 3.83. The topological polar surface area (TPSA) is 85.4 Å². The molecule has 0 aliphatic heterocycles. The number of ether oxygens (including phenoxy) is 1. The van der Waals surface area contributed by atoms with Crippen LogP contribution in [-0.4, -0.2) is 32.2 Å². The number of anilines is 1. The first-order valence-corrected chi connectivity index (χ1v) is 9.57. The summed E-state index contributed by atoms with van der Waals surface area (Å²) in [6.45, 7) is 1.87. The normalized spacial score (nSPS) is 11.3. The number of carbonyl (C=O) groups is 1. The zero-order valence-electron chi connectivity index (χ0n) is 14.4. The molecule has 0 atom stereocenters. The highest BCUT2D eigenvalue weighted by molar-refractivity contribution is 7.92. The van der Waals surface area contributed by atoms with Gasteiger partial charge in [0.15, 0.2) is 5.03 Å². The number of amides is 1. The first-order chi connectivity index (χ1) is 12.4. The largest absolute Gasteiger partial charge is 0.495 e. The lowest BCUT2D eigenvalue weighted by molar-refractivity contribution is -0.113. The highest BCUT2D eigenvalue weighted by Gasteiger charge is 2.22. The fraction of sp³-hybridized carbons (Fsp3) is 0.158. The van der Waals surface area contributed by atoms with Gasteiger partial charge in [-0.15, -0.1) is 0 Å². The maximum atomic E-state index is 12.5. The number of aromatic nitrogens is 1. The summed E-state index contributed by atoms with van der Waals surface area (Å²) in [6, 6.07) is 15.6. The molecule has 0 aliphatic rings. The SMILES string of the molecule is COc1ccc(C)cc1NC(=O)CS(=O)(=O)c1ccc2ccccc2n1. The fourth-order valence-electron chi connectivity index (χ4n) is 2.57. The van der Waals surface area contributed by atoms with Crippen LogP contribution in [0, 0.1) is 6.92 Å². The van der Waals surface area contributed by atoms with E-state index in [4.69, 9.17) is 4.74 Å². The summed E-state index contributed by atoms with van der Waals surface area (Å²) in [7, 11) is -2.38. The van der Waals surface area contributed by atoms with Crippen molar-refractivity contribution in [2.24, 2.45) is 0 Å². The van der Waals surface area contributed by atoms with Crippen molar-refractivity contribution in [2.75, 3.05) is 18.2 Å². The first kappa shape index (κ1) is 17.9. The molecular formula is C19H18N2O4S. The Morgan fingerprint density at radius 1 is 1.12 bits per heavy atom. The number of carbonyl (C=O) groups excluding carboxylic acids is 1. The van der Waals surface area contributed by atoms with Gasteiger partial charge < -0.3 is 10.1 Å². The van der Waals surface area contributed by atoms with Crippen LogP contribution in [-0.2, 0) is 14.6 Å². The number of para-hydroxylation sites is 1. The molecule has 6 nitrogen and oxygen atoms in total. The molecule has 2 aromatic carbocycles. The molecule has 0 bridgehead atoms. The number of hydrogen-bond acceptors (Lipinski definition) is 5. The molecule has 3 rings (SSSR count). The number of sulfone groups is 1. The molecule has 7 heteroatoms. The minimum absolute atomic E-state index is 0.123. The van der Waals surface area contributed by atoms with Gasteiger partial charge in [0.05, 0.1) is 18.3 Å². The number of methoxy groups -OCH3 is 1. The van der Waals surface area contributed by atoms with E-state index in [1.807, 2.05) is 25.1 Å². The van der Waals surface area contributed by atoms with Gasteiger partial charge in [-0.25, -0.2) is 13.4 Å². The number of rotatable bonds is 5. The van der Waals surface area contributed by atoms with Crippen LogP contribution in [0.15, 0.2) is 59.6 Å². The van der Waals surface area contributed by atoms with E-state index < -0.39 is 21.5 Å². The summed E-state index contributed by atoms with van der Waals surface area (Å²) in [5, 5.41) is 3.31. The molecular weight excluding hydrogens is 352 g/mol. The minimum atomic E-state index is -3.86. The van der Waals surface area contributed by atoms with E-state index in [1.54, 1.807) is 30.3 Å². The summed E-state index contributed by atoms with van der Waals surface area (Å²) >= 11 is 0. The predicted octanol–water partition coefficient (Wildman–Crippen LogP) is 2.96. The number of nitrogens with zero attached hydrogens (tertiary/aromatic N) is 1. The van der Waals surface area contributed by atoms with Gasteiger partial charge in [0.25, 0.3) is 0 Å². The molecule has 0 spiro atoms.